The Morgan fingerprint density at radius 3 is 3.05 bits per heavy atom. The van der Waals surface area contributed by atoms with E-state index in [1.807, 2.05) is 0 Å². The fourth-order valence-corrected chi connectivity index (χ4v) is 3.03. The summed E-state index contributed by atoms with van der Waals surface area (Å²) in [5.74, 6) is 0. The van der Waals surface area contributed by atoms with Crippen LogP contribution in [0.25, 0.3) is 10.9 Å². The highest BCUT2D eigenvalue weighted by Crippen LogP contribution is 2.22. The van der Waals surface area contributed by atoms with E-state index in [2.05, 4.69) is 22.0 Å². The third-order valence-electron chi connectivity index (χ3n) is 3.77. The van der Waals surface area contributed by atoms with Crippen LogP contribution in [0.3, 0.4) is 0 Å². The number of rotatable bonds is 3. The lowest BCUT2D eigenvalue weighted by molar-refractivity contribution is -0.00473. The van der Waals surface area contributed by atoms with E-state index in [1.165, 1.54) is 12.1 Å². The van der Waals surface area contributed by atoms with E-state index in [4.69, 9.17) is 9.29 Å². The van der Waals surface area contributed by atoms with Crippen molar-refractivity contribution in [3.63, 3.8) is 0 Å². The van der Waals surface area contributed by atoms with Gasteiger partial charge < -0.3 is 4.74 Å². The third-order valence-corrected chi connectivity index (χ3v) is 4.62. The Bertz CT molecular complexity index is 756. The topological polar surface area (TPSA) is 95.5 Å². The first-order valence-corrected chi connectivity index (χ1v) is 8.15. The predicted molar refractivity (Wildman–Crippen MR) is 76.6 cm³/mol. The molecule has 2 heterocycles. The van der Waals surface area contributed by atoms with E-state index in [1.54, 1.807) is 6.07 Å². The van der Waals surface area contributed by atoms with Crippen LogP contribution in [0.2, 0.25) is 0 Å². The van der Waals surface area contributed by atoms with Crippen molar-refractivity contribution in [3.05, 3.63) is 23.9 Å². The normalized spacial score (nSPS) is 21.0. The van der Waals surface area contributed by atoms with Crippen LogP contribution in [0.4, 0.5) is 0 Å². The van der Waals surface area contributed by atoms with Crippen molar-refractivity contribution in [2.75, 3.05) is 19.8 Å². The van der Waals surface area contributed by atoms with Gasteiger partial charge in [-0.3, -0.25) is 14.6 Å². The molecule has 0 spiro atoms. The summed E-state index contributed by atoms with van der Waals surface area (Å²) in [6.45, 7) is 5.04. The number of aromatic nitrogens is 2. The second-order valence-corrected chi connectivity index (χ2v) is 6.67. The third kappa shape index (κ3) is 2.93. The zero-order chi connectivity index (χ0) is 15.0. The lowest BCUT2D eigenvalue weighted by Gasteiger charge is -2.32. The Morgan fingerprint density at radius 2 is 2.33 bits per heavy atom. The predicted octanol–water partition coefficient (Wildman–Crippen LogP) is 1.03. The molecular formula is C13H17N3O4S. The second-order valence-electron chi connectivity index (χ2n) is 5.25. The van der Waals surface area contributed by atoms with Gasteiger partial charge in [0.2, 0.25) is 0 Å². The van der Waals surface area contributed by atoms with Gasteiger partial charge in [0.15, 0.2) is 0 Å². The van der Waals surface area contributed by atoms with Gasteiger partial charge in [-0.2, -0.15) is 13.5 Å². The molecule has 0 bridgehead atoms. The molecule has 0 amide bonds. The number of aromatic amines is 1. The summed E-state index contributed by atoms with van der Waals surface area (Å²) in [5.41, 5.74) is 1.46. The van der Waals surface area contributed by atoms with Crippen LogP contribution in [0.1, 0.15) is 12.6 Å². The molecule has 1 aliphatic rings. The number of nitrogens with zero attached hydrogens (tertiary/aromatic N) is 2. The summed E-state index contributed by atoms with van der Waals surface area (Å²) in [5, 5.41) is 7.95. The van der Waals surface area contributed by atoms with Crippen molar-refractivity contribution in [3.8, 4) is 0 Å². The summed E-state index contributed by atoms with van der Waals surface area (Å²) < 4.78 is 36.8. The van der Waals surface area contributed by atoms with Gasteiger partial charge >= 0.3 is 0 Å². The molecule has 1 aliphatic heterocycles. The molecular weight excluding hydrogens is 294 g/mol. The van der Waals surface area contributed by atoms with Gasteiger partial charge in [-0.05, 0) is 25.1 Å². The molecule has 1 aromatic heterocycles. The van der Waals surface area contributed by atoms with Gasteiger partial charge in [-0.1, -0.05) is 0 Å². The maximum absolute atomic E-state index is 11.1. The van der Waals surface area contributed by atoms with Crippen molar-refractivity contribution in [1.82, 2.24) is 15.1 Å². The molecule has 21 heavy (non-hydrogen) atoms. The van der Waals surface area contributed by atoms with Crippen molar-refractivity contribution in [2.24, 2.45) is 0 Å². The lowest BCUT2D eigenvalue weighted by Crippen LogP contribution is -2.43. The van der Waals surface area contributed by atoms with E-state index in [-0.39, 0.29) is 4.90 Å². The highest BCUT2D eigenvalue weighted by atomic mass is 32.2. The number of morpholine rings is 1. The number of nitrogens with one attached hydrogen (secondary N) is 1. The Labute approximate surface area is 122 Å². The smallest absolute Gasteiger partial charge is 0.294 e. The molecule has 1 fully saturated rings. The van der Waals surface area contributed by atoms with Gasteiger partial charge in [0.05, 0.1) is 29.3 Å². The largest absolute Gasteiger partial charge is 0.379 e. The van der Waals surface area contributed by atoms with Gasteiger partial charge in [-0.25, -0.2) is 0 Å². The van der Waals surface area contributed by atoms with Gasteiger partial charge in [0, 0.05) is 24.5 Å². The second kappa shape index (κ2) is 5.38. The first-order valence-electron chi connectivity index (χ1n) is 6.71. The summed E-state index contributed by atoms with van der Waals surface area (Å²) in [7, 11) is -4.20. The van der Waals surface area contributed by atoms with Crippen molar-refractivity contribution in [2.45, 2.75) is 24.4 Å². The average molecular weight is 311 g/mol. The Hall–Kier alpha value is -1.48. The number of hydrogen-bond donors (Lipinski definition) is 2. The molecule has 8 heteroatoms. The van der Waals surface area contributed by atoms with Crippen LogP contribution in [-0.4, -0.2) is 53.9 Å². The van der Waals surface area contributed by atoms with Crippen LogP contribution in [0.5, 0.6) is 0 Å². The fourth-order valence-electron chi connectivity index (χ4n) is 2.53. The lowest BCUT2D eigenvalue weighted by atomic mass is 10.2. The number of ether oxygens (including phenoxy) is 1. The molecule has 7 nitrogen and oxygen atoms in total. The zero-order valence-corrected chi connectivity index (χ0v) is 12.4. The first kappa shape index (κ1) is 14.5. The quantitative estimate of drug-likeness (QED) is 0.822. The van der Waals surface area contributed by atoms with Gasteiger partial charge in [0.25, 0.3) is 10.1 Å². The van der Waals surface area contributed by atoms with Crippen LogP contribution >= 0.6 is 0 Å². The van der Waals surface area contributed by atoms with E-state index >= 15 is 0 Å². The maximum Gasteiger partial charge on any atom is 0.294 e. The highest BCUT2D eigenvalue weighted by Gasteiger charge is 2.21. The minimum atomic E-state index is -4.20. The Balaban J connectivity index is 1.90. The highest BCUT2D eigenvalue weighted by molar-refractivity contribution is 7.85. The fraction of sp³-hybridized carbons (Fsp3) is 0.462. The molecule has 114 valence electrons. The molecule has 0 radical (unpaired) electrons. The maximum atomic E-state index is 11.1. The van der Waals surface area contributed by atoms with Crippen LogP contribution in [0.15, 0.2) is 23.1 Å². The van der Waals surface area contributed by atoms with E-state index in [9.17, 15) is 8.42 Å². The molecule has 1 saturated heterocycles. The average Bonchev–Trinajstić information content (AvgIpc) is 2.83. The van der Waals surface area contributed by atoms with E-state index in [0.717, 1.165) is 17.6 Å². The molecule has 2 N–H and O–H groups in total. The number of fused-ring (bicyclic) bond motifs is 1. The van der Waals surface area contributed by atoms with Crippen LogP contribution in [-0.2, 0) is 21.4 Å². The number of benzene rings is 1. The molecule has 0 saturated carbocycles. The Morgan fingerprint density at radius 1 is 1.52 bits per heavy atom. The van der Waals surface area contributed by atoms with Gasteiger partial charge in [0.1, 0.15) is 0 Å². The molecule has 0 unspecified atom stereocenters. The summed E-state index contributed by atoms with van der Waals surface area (Å²) in [6, 6.07) is 4.77. The number of H-pyrrole nitrogens is 1. The van der Waals surface area contributed by atoms with Crippen molar-refractivity contribution < 1.29 is 17.7 Å². The van der Waals surface area contributed by atoms with Gasteiger partial charge in [-0.15, -0.1) is 0 Å². The monoisotopic (exact) mass is 311 g/mol. The standard InChI is InChI=1S/C13H17N3O4S/c1-9-8-20-5-4-16(9)7-13-11-3-2-10(21(17,18)19)6-12(11)14-15-13/h2-3,6,9H,4-5,7-8H2,1H3,(H,14,15)(H,17,18,19)/t9-/m0/s1. The SMILES string of the molecule is C[C@H]1COCCN1Cc1n[nH]c2cc(S(=O)(=O)O)ccc12. The van der Waals surface area contributed by atoms with E-state index < -0.39 is 10.1 Å². The Kier molecular flexibility index (Phi) is 3.70. The first-order chi connectivity index (χ1) is 9.95. The minimum Gasteiger partial charge on any atom is -0.379 e. The molecule has 1 atom stereocenters. The molecule has 3 rings (SSSR count). The molecule has 0 aliphatic carbocycles. The zero-order valence-electron chi connectivity index (χ0n) is 11.6. The minimum absolute atomic E-state index is 0.134. The van der Waals surface area contributed by atoms with Crippen molar-refractivity contribution in [1.29, 1.82) is 0 Å². The molecule has 2 aromatic rings. The van der Waals surface area contributed by atoms with Crippen LogP contribution in [0, 0.1) is 0 Å². The van der Waals surface area contributed by atoms with Crippen molar-refractivity contribution >= 4 is 21.0 Å². The van der Waals surface area contributed by atoms with Crippen LogP contribution < -0.4 is 0 Å². The summed E-state index contributed by atoms with van der Waals surface area (Å²) in [4.78, 5) is 2.14. The number of hydrogen-bond acceptors (Lipinski definition) is 5. The summed E-state index contributed by atoms with van der Waals surface area (Å²) in [6.07, 6.45) is 0. The molecule has 1 aromatic carbocycles. The van der Waals surface area contributed by atoms with E-state index in [0.29, 0.717) is 31.3 Å². The summed E-state index contributed by atoms with van der Waals surface area (Å²) >= 11 is 0.